The van der Waals surface area contributed by atoms with Crippen molar-refractivity contribution >= 4 is 23.9 Å². The Hall–Kier alpha value is -6.04. The summed E-state index contributed by atoms with van der Waals surface area (Å²) in [5.41, 5.74) is 4.80. The van der Waals surface area contributed by atoms with Gasteiger partial charge in [-0.05, 0) is 136 Å². The van der Waals surface area contributed by atoms with Crippen LogP contribution in [0, 0.1) is 10.8 Å². The number of benzene rings is 4. The highest BCUT2D eigenvalue weighted by Gasteiger charge is 2.39. The zero-order chi connectivity index (χ0) is 66.1. The molecule has 4 aromatic rings. The summed E-state index contributed by atoms with van der Waals surface area (Å²) in [5.74, 6) is -1.56. The zero-order valence-corrected chi connectivity index (χ0v) is 57.7. The molecule has 0 aliphatic rings. The highest BCUT2D eigenvalue weighted by molar-refractivity contribution is 5.72. The molecule has 0 radical (unpaired) electrons. The van der Waals surface area contributed by atoms with Gasteiger partial charge >= 0.3 is 23.9 Å². The molecule has 0 aromatic heterocycles. The van der Waals surface area contributed by atoms with Crippen LogP contribution in [-0.4, -0.2) is 70.7 Å². The van der Waals surface area contributed by atoms with Crippen molar-refractivity contribution in [1.82, 2.24) is 0 Å². The van der Waals surface area contributed by atoms with Crippen LogP contribution in [0.2, 0.25) is 0 Å². The number of ether oxygens (including phenoxy) is 4. The van der Waals surface area contributed by atoms with Gasteiger partial charge in [0.2, 0.25) is 0 Å². The third-order valence-corrected chi connectivity index (χ3v) is 14.9. The number of phenolic OH excluding ortho intramolecular Hbond substituents is 4. The van der Waals surface area contributed by atoms with Crippen LogP contribution in [0.5, 0.6) is 23.0 Å². The fourth-order valence-corrected chi connectivity index (χ4v) is 9.74. The lowest BCUT2D eigenvalue weighted by molar-refractivity contribution is -0.170. The average Bonchev–Trinajstić information content (AvgIpc) is 1.36. The third kappa shape index (κ3) is 23.2. The first kappa shape index (κ1) is 74.2. The van der Waals surface area contributed by atoms with Crippen molar-refractivity contribution < 1.29 is 58.6 Å². The number of carbonyl (C=O) groups excluding carboxylic acids is 4. The molecule has 0 saturated heterocycles. The van der Waals surface area contributed by atoms with Crippen molar-refractivity contribution in [2.45, 2.75) is 262 Å². The lowest BCUT2D eigenvalue weighted by Crippen LogP contribution is -2.44. The number of aryl methyl sites for hydroxylation is 4. The molecule has 12 heteroatoms. The highest BCUT2D eigenvalue weighted by atomic mass is 16.6. The van der Waals surface area contributed by atoms with E-state index in [2.05, 4.69) is 27.7 Å². The molecule has 0 unspecified atom stereocenters. The van der Waals surface area contributed by atoms with Gasteiger partial charge < -0.3 is 39.4 Å². The van der Waals surface area contributed by atoms with Gasteiger partial charge in [0.05, 0.1) is 0 Å². The van der Waals surface area contributed by atoms with Gasteiger partial charge in [-0.3, -0.25) is 19.2 Å². The molecule has 0 bridgehead atoms. The van der Waals surface area contributed by atoms with Crippen LogP contribution in [0.25, 0.3) is 0 Å². The maximum atomic E-state index is 14.0. The summed E-state index contributed by atoms with van der Waals surface area (Å²) in [6, 6.07) is 16.7. The average molecular weight is 1190 g/mol. The highest BCUT2D eigenvalue weighted by Crippen LogP contribution is 2.43. The molecule has 0 aliphatic carbocycles. The van der Waals surface area contributed by atoms with Crippen LogP contribution < -0.4 is 0 Å². The summed E-state index contributed by atoms with van der Waals surface area (Å²) >= 11 is 0. The second-order valence-electron chi connectivity index (χ2n) is 32.9. The summed E-state index contributed by atoms with van der Waals surface area (Å²) in [6.45, 7) is 49.3. The van der Waals surface area contributed by atoms with Crippen LogP contribution in [0.1, 0.15) is 260 Å². The third-order valence-electron chi connectivity index (χ3n) is 14.9. The van der Waals surface area contributed by atoms with Crippen LogP contribution in [0.3, 0.4) is 0 Å². The first-order valence-electron chi connectivity index (χ1n) is 30.9. The van der Waals surface area contributed by atoms with E-state index in [1.165, 1.54) is 0 Å². The predicted molar refractivity (Wildman–Crippen MR) is 348 cm³/mol. The van der Waals surface area contributed by atoms with Gasteiger partial charge in [0.25, 0.3) is 0 Å². The predicted octanol–water partition coefficient (Wildman–Crippen LogP) is 16.6. The molecule has 0 spiro atoms. The molecular formula is C74H112O12. The minimum Gasteiger partial charge on any atom is -0.508 e. The Bertz CT molecular complexity index is 2620. The molecule has 4 rings (SSSR count). The standard InChI is InChI=1S/C69H100O12.C5H12/c1-62(2,3)47-32-43(22-27-54(47)70)23-28-55(71)78-39-69(40-79-56(72)29-24-44-33-48(63(4,5)6)59(75)49(34-44)64(7,8)9,41-80-57(73)30-25-45-35-50(65(10,11)12)60(76)51(36-45)66(13,14)15)42-81-58(74)31-26-46-37-52(67(16,17)18)61(77)53(38-46)68(19,20)21;1-5(2,3)4/h22,27,32-38,70,75-77H,23-26,28-31,39-42H2,1-21H3;1-4H3. The van der Waals surface area contributed by atoms with E-state index in [-0.39, 0.29) is 79.8 Å². The van der Waals surface area contributed by atoms with Crippen molar-refractivity contribution in [2.24, 2.45) is 10.8 Å². The van der Waals surface area contributed by atoms with Gasteiger partial charge in [0.1, 0.15) is 54.8 Å². The first-order valence-corrected chi connectivity index (χ1v) is 30.9. The van der Waals surface area contributed by atoms with Crippen LogP contribution in [0.4, 0.5) is 0 Å². The van der Waals surface area contributed by atoms with Crippen molar-refractivity contribution in [3.63, 3.8) is 0 Å². The summed E-state index contributed by atoms with van der Waals surface area (Å²) in [6.07, 6.45) is 0.894. The minimum atomic E-state index is -1.57. The minimum absolute atomic E-state index is 0.0526. The van der Waals surface area contributed by atoms with Gasteiger partial charge in [-0.15, -0.1) is 0 Å². The Morgan fingerprint density at radius 1 is 0.302 bits per heavy atom. The van der Waals surface area contributed by atoms with E-state index in [0.29, 0.717) is 5.41 Å². The largest absolute Gasteiger partial charge is 0.508 e. The Labute approximate surface area is 518 Å². The maximum Gasteiger partial charge on any atom is 0.306 e. The smallest absolute Gasteiger partial charge is 0.306 e. The zero-order valence-electron chi connectivity index (χ0n) is 57.7. The second kappa shape index (κ2) is 28.4. The van der Waals surface area contributed by atoms with E-state index in [1.807, 2.05) is 188 Å². The van der Waals surface area contributed by atoms with Crippen molar-refractivity contribution in [3.05, 3.63) is 116 Å². The molecule has 0 fully saturated rings. The van der Waals surface area contributed by atoms with Crippen LogP contribution >= 0.6 is 0 Å². The number of rotatable bonds is 20. The number of hydrogen-bond donors (Lipinski definition) is 4. The van der Waals surface area contributed by atoms with Crippen LogP contribution in [0.15, 0.2) is 54.6 Å². The molecule has 0 heterocycles. The molecule has 0 aliphatic heterocycles. The first-order chi connectivity index (χ1) is 38.8. The monoisotopic (exact) mass is 1190 g/mol. The molecule has 12 nitrogen and oxygen atoms in total. The SMILES string of the molecule is CC(C)(C)C.CC(C)(C)c1cc(CCC(=O)OCC(COC(=O)CCc2cc(C(C)(C)C)c(O)c(C(C)(C)C)c2)(COC(=O)CCc2cc(C(C)(C)C)c(O)c(C(C)(C)C)c2)COC(=O)CCc2cc(C(C)(C)C)c(O)c(C(C)(C)C)c2)ccc1O. The van der Waals surface area contributed by atoms with Gasteiger partial charge in [-0.2, -0.15) is 0 Å². The van der Waals surface area contributed by atoms with Crippen molar-refractivity contribution in [1.29, 1.82) is 0 Å². The Balaban J connectivity index is 0.00000371. The number of esters is 4. The number of carbonyl (C=O) groups is 4. The summed E-state index contributed by atoms with van der Waals surface area (Å²) in [5, 5.41) is 44.8. The fourth-order valence-electron chi connectivity index (χ4n) is 9.74. The summed E-state index contributed by atoms with van der Waals surface area (Å²) in [7, 11) is 0. The van der Waals surface area contributed by atoms with E-state index in [0.717, 1.165) is 61.2 Å². The molecule has 0 amide bonds. The van der Waals surface area contributed by atoms with Gasteiger partial charge in [0.15, 0.2) is 0 Å². The number of hydrogen-bond acceptors (Lipinski definition) is 12. The fraction of sp³-hybridized carbons (Fsp3) is 0.622. The Kier molecular flexibility index (Phi) is 24.5. The summed E-state index contributed by atoms with van der Waals surface area (Å²) < 4.78 is 24.2. The van der Waals surface area contributed by atoms with E-state index in [1.54, 1.807) is 12.1 Å². The quantitative estimate of drug-likeness (QED) is 0.0485. The van der Waals surface area contributed by atoms with E-state index in [9.17, 15) is 39.6 Å². The van der Waals surface area contributed by atoms with Crippen molar-refractivity contribution in [3.8, 4) is 23.0 Å². The second-order valence-corrected chi connectivity index (χ2v) is 32.9. The molecule has 4 aromatic carbocycles. The topological polar surface area (TPSA) is 186 Å². The number of phenols is 4. The van der Waals surface area contributed by atoms with E-state index < -0.39 is 88.2 Å². The molecule has 4 N–H and O–H groups in total. The van der Waals surface area contributed by atoms with E-state index >= 15 is 0 Å². The van der Waals surface area contributed by atoms with E-state index in [4.69, 9.17) is 18.9 Å². The number of aromatic hydroxyl groups is 4. The van der Waals surface area contributed by atoms with Crippen molar-refractivity contribution in [2.75, 3.05) is 26.4 Å². The molecule has 480 valence electrons. The Morgan fingerprint density at radius 3 is 0.686 bits per heavy atom. The summed E-state index contributed by atoms with van der Waals surface area (Å²) in [4.78, 5) is 55.8. The van der Waals surface area contributed by atoms with Gasteiger partial charge in [-0.25, -0.2) is 0 Å². The molecule has 0 atom stereocenters. The molecule has 0 saturated carbocycles. The van der Waals surface area contributed by atoms with Gasteiger partial charge in [0, 0.05) is 25.7 Å². The Morgan fingerprint density at radius 2 is 0.488 bits per heavy atom. The lowest BCUT2D eigenvalue weighted by atomic mass is 9.78. The normalized spacial score (nSPS) is 12.9. The lowest BCUT2D eigenvalue weighted by Gasteiger charge is -2.32. The maximum absolute atomic E-state index is 14.0. The molecular weight excluding hydrogens is 1080 g/mol. The van der Waals surface area contributed by atoms with Gasteiger partial charge in [-0.1, -0.05) is 222 Å². The van der Waals surface area contributed by atoms with Crippen LogP contribution in [-0.2, 0) is 102 Å². The molecule has 86 heavy (non-hydrogen) atoms.